The number of imidazole rings is 2. The van der Waals surface area contributed by atoms with Crippen LogP contribution in [0.1, 0.15) is 50.9 Å². The Morgan fingerprint density at radius 1 is 0.545 bits per heavy atom. The first-order chi connectivity index (χ1) is 26.0. The summed E-state index contributed by atoms with van der Waals surface area (Å²) < 4.78 is 8.33. The van der Waals surface area contributed by atoms with Crippen molar-refractivity contribution in [2.75, 3.05) is 0 Å². The first kappa shape index (κ1) is 40.4. The molecular formula is C46H45IrN8-3. The van der Waals surface area contributed by atoms with Gasteiger partial charge in [-0.3, -0.25) is 19.2 Å². The van der Waals surface area contributed by atoms with Gasteiger partial charge in [0, 0.05) is 43.5 Å². The van der Waals surface area contributed by atoms with E-state index in [9.17, 15) is 0 Å². The van der Waals surface area contributed by atoms with E-state index < -0.39 is 0 Å². The Morgan fingerprint density at radius 3 is 1.36 bits per heavy atom. The monoisotopic (exact) mass is 902 g/mol. The van der Waals surface area contributed by atoms with Crippen molar-refractivity contribution in [2.45, 2.75) is 62.3 Å². The van der Waals surface area contributed by atoms with Gasteiger partial charge >= 0.3 is 0 Å². The minimum Gasteiger partial charge on any atom is -0.421 e. The second kappa shape index (κ2) is 18.0. The van der Waals surface area contributed by atoms with Gasteiger partial charge in [-0.2, -0.15) is 59.7 Å². The van der Waals surface area contributed by atoms with Crippen molar-refractivity contribution < 1.29 is 29.2 Å². The van der Waals surface area contributed by atoms with Crippen LogP contribution in [0.4, 0.5) is 0 Å². The predicted molar refractivity (Wildman–Crippen MR) is 211 cm³/mol. The largest absolute Gasteiger partial charge is 0.421 e. The molecule has 0 aliphatic heterocycles. The van der Waals surface area contributed by atoms with Crippen LogP contribution in [-0.2, 0) is 20.1 Å². The summed E-state index contributed by atoms with van der Waals surface area (Å²) in [6.45, 7) is 18.6. The van der Waals surface area contributed by atoms with Gasteiger partial charge in [-0.15, -0.1) is 0 Å². The van der Waals surface area contributed by atoms with Crippen LogP contribution in [0, 0.1) is 87.1 Å². The number of hydrogen-bond acceptors (Lipinski definition) is 3. The van der Waals surface area contributed by atoms with Crippen LogP contribution in [0.2, 0.25) is 0 Å². The third-order valence-electron chi connectivity index (χ3n) is 9.21. The van der Waals surface area contributed by atoms with Crippen LogP contribution >= 0.6 is 0 Å². The molecule has 8 rings (SSSR count). The maximum Gasteiger partial charge on any atom is 0.267 e. The van der Waals surface area contributed by atoms with Crippen molar-refractivity contribution in [1.82, 2.24) is 29.3 Å². The van der Waals surface area contributed by atoms with Crippen LogP contribution in [0.25, 0.3) is 34.3 Å². The molecule has 4 heterocycles. The molecule has 55 heavy (non-hydrogen) atoms. The molecule has 281 valence electrons. The molecule has 4 aromatic heterocycles. The van der Waals surface area contributed by atoms with E-state index in [4.69, 9.17) is 0 Å². The minimum atomic E-state index is 0. The molecule has 0 amide bonds. The molecular weight excluding hydrogens is 857 g/mol. The summed E-state index contributed by atoms with van der Waals surface area (Å²) >= 11 is 0. The Hall–Kier alpha value is -5.76. The molecule has 8 nitrogen and oxygen atoms in total. The molecule has 0 aliphatic carbocycles. The van der Waals surface area contributed by atoms with Gasteiger partial charge in [-0.05, 0) is 102 Å². The SMILES string of the molecule is Cc1c[c-]c(-n2[c-][n+](-c3ccc(C)cc3)c(C)c2C)cc1.Cc1c[c-]c(-n2[c-][n+](-c3ccc(C)cc3)c(C)c2C)cc1.Cc1n[n-]c(-c2ccccn2)n1.[Ir]. The van der Waals surface area contributed by atoms with E-state index in [0.29, 0.717) is 11.6 Å². The molecule has 0 spiro atoms. The molecule has 9 heteroatoms. The molecule has 0 N–H and O–H groups in total. The molecule has 8 aromatic rings. The zero-order valence-corrected chi connectivity index (χ0v) is 35.2. The smallest absolute Gasteiger partial charge is 0.267 e. The van der Waals surface area contributed by atoms with Gasteiger partial charge in [0.1, 0.15) is 0 Å². The fourth-order valence-corrected chi connectivity index (χ4v) is 5.69. The van der Waals surface area contributed by atoms with Crippen molar-refractivity contribution in [3.63, 3.8) is 0 Å². The quantitative estimate of drug-likeness (QED) is 0.130. The van der Waals surface area contributed by atoms with E-state index in [1.807, 2.05) is 30.3 Å². The average Bonchev–Trinajstić information content (AvgIpc) is 3.85. The molecule has 0 saturated carbocycles. The van der Waals surface area contributed by atoms with Gasteiger partial charge in [0.05, 0.1) is 28.5 Å². The molecule has 1 radical (unpaired) electrons. The van der Waals surface area contributed by atoms with E-state index >= 15 is 0 Å². The second-order valence-corrected chi connectivity index (χ2v) is 13.5. The first-order valence-corrected chi connectivity index (χ1v) is 17.9. The van der Waals surface area contributed by atoms with Crippen LogP contribution in [0.15, 0.2) is 109 Å². The number of pyridine rings is 1. The summed E-state index contributed by atoms with van der Waals surface area (Å²) in [6, 6.07) is 41.6. The third-order valence-corrected chi connectivity index (χ3v) is 9.21. The van der Waals surface area contributed by atoms with Crippen LogP contribution in [0.3, 0.4) is 0 Å². The van der Waals surface area contributed by atoms with E-state index in [1.165, 1.54) is 45.0 Å². The molecule has 0 saturated heterocycles. The van der Waals surface area contributed by atoms with Crippen LogP contribution in [0.5, 0.6) is 0 Å². The topological polar surface area (TPSA) is 70.4 Å². The summed E-state index contributed by atoms with van der Waals surface area (Å²) in [4.78, 5) is 8.19. The maximum atomic E-state index is 4.10. The van der Waals surface area contributed by atoms with Gasteiger partial charge in [0.25, 0.3) is 12.7 Å². The Bertz CT molecular complexity index is 2170. The number of hydrogen-bond donors (Lipinski definition) is 0. The van der Waals surface area contributed by atoms with Gasteiger partial charge < -0.3 is 19.2 Å². The van der Waals surface area contributed by atoms with Gasteiger partial charge in [0.2, 0.25) is 0 Å². The number of benzene rings is 4. The maximum absolute atomic E-state index is 4.10. The molecule has 0 unspecified atom stereocenters. The Labute approximate surface area is 338 Å². The Morgan fingerprint density at radius 2 is 1.00 bits per heavy atom. The first-order valence-electron chi connectivity index (χ1n) is 17.9. The summed E-state index contributed by atoms with van der Waals surface area (Å²) in [5.74, 6) is 1.27. The van der Waals surface area contributed by atoms with Gasteiger partial charge in [-0.25, -0.2) is 0 Å². The van der Waals surface area contributed by atoms with Gasteiger partial charge in [-0.1, -0.05) is 55.3 Å². The zero-order valence-electron chi connectivity index (χ0n) is 32.8. The van der Waals surface area contributed by atoms with E-state index in [0.717, 1.165) is 28.4 Å². The molecule has 0 bridgehead atoms. The van der Waals surface area contributed by atoms with Crippen molar-refractivity contribution in [3.05, 3.63) is 185 Å². The Balaban J connectivity index is 0.000000163. The van der Waals surface area contributed by atoms with Gasteiger partial charge in [0.15, 0.2) is 0 Å². The van der Waals surface area contributed by atoms with Crippen molar-refractivity contribution in [1.29, 1.82) is 0 Å². The zero-order chi connectivity index (χ0) is 38.4. The van der Waals surface area contributed by atoms with E-state index in [2.05, 4.69) is 191 Å². The average molecular weight is 902 g/mol. The fourth-order valence-electron chi connectivity index (χ4n) is 5.69. The molecule has 0 fully saturated rings. The molecule has 0 aliphatic rings. The molecule has 0 atom stereocenters. The van der Waals surface area contributed by atoms with Crippen molar-refractivity contribution >= 4 is 0 Å². The molecule has 4 aromatic carbocycles. The fraction of sp³-hybridized carbons (Fsp3) is 0.196. The standard InChI is InChI=1S/2C19H19N2.C8H7N4.Ir/c2*1-14-5-9-18(10-6-14)20-13-21(17(4)16(20)3)19-11-7-15(2)8-12-19;1-6-10-8(12-11-6)7-4-2-3-5-9-7;/h2*5-11H,1-4H3;2-5H,1H3;/q3*-1;. The number of aryl methyl sites for hydroxylation is 5. The Kier molecular flexibility index (Phi) is 13.3. The normalized spacial score (nSPS) is 10.5. The predicted octanol–water partition coefficient (Wildman–Crippen LogP) is 7.98. The summed E-state index contributed by atoms with van der Waals surface area (Å²) in [7, 11) is 0. The summed E-state index contributed by atoms with van der Waals surface area (Å²) in [5, 5.41) is 7.65. The van der Waals surface area contributed by atoms with Crippen molar-refractivity contribution in [2.24, 2.45) is 0 Å². The number of rotatable bonds is 5. The van der Waals surface area contributed by atoms with Crippen LogP contribution < -0.4 is 14.2 Å². The number of aromatic nitrogens is 8. The second-order valence-electron chi connectivity index (χ2n) is 13.5. The van der Waals surface area contributed by atoms with Crippen molar-refractivity contribution in [3.8, 4) is 34.3 Å². The van der Waals surface area contributed by atoms with E-state index in [1.54, 1.807) is 13.1 Å². The number of nitrogens with zero attached hydrogens (tertiary/aromatic N) is 8. The van der Waals surface area contributed by atoms with E-state index in [-0.39, 0.29) is 20.1 Å². The summed E-state index contributed by atoms with van der Waals surface area (Å²) in [6.07, 6.45) is 8.56. The minimum absolute atomic E-state index is 0. The third kappa shape index (κ3) is 9.68. The summed E-state index contributed by atoms with van der Waals surface area (Å²) in [5.41, 5.74) is 14.8. The van der Waals surface area contributed by atoms with Crippen LogP contribution in [-0.4, -0.2) is 24.2 Å².